The van der Waals surface area contributed by atoms with Crippen LogP contribution >= 0.6 is 11.8 Å². The van der Waals surface area contributed by atoms with E-state index in [1.807, 2.05) is 0 Å². The van der Waals surface area contributed by atoms with E-state index < -0.39 is 0 Å². The minimum absolute atomic E-state index is 0.709. The van der Waals surface area contributed by atoms with E-state index in [1.54, 1.807) is 0 Å². The zero-order valence-corrected chi connectivity index (χ0v) is 7.88. The summed E-state index contributed by atoms with van der Waals surface area (Å²) >= 11 is 2.15. The first kappa shape index (κ1) is 7.93. The van der Waals surface area contributed by atoms with E-state index >= 15 is 0 Å². The van der Waals surface area contributed by atoms with Crippen LogP contribution in [-0.2, 0) is 0 Å². The molecule has 0 aromatic heterocycles. The zero-order valence-electron chi connectivity index (χ0n) is 7.07. The zero-order chi connectivity index (χ0) is 7.57. The Morgan fingerprint density at radius 2 is 2.18 bits per heavy atom. The normalized spacial score (nSPS) is 39.3. The Morgan fingerprint density at radius 1 is 1.18 bits per heavy atom. The molecule has 0 saturated carbocycles. The van der Waals surface area contributed by atoms with Gasteiger partial charge in [0.15, 0.2) is 0 Å². The lowest BCUT2D eigenvalue weighted by Gasteiger charge is -2.25. The highest BCUT2D eigenvalue weighted by Crippen LogP contribution is 2.40. The predicted molar refractivity (Wildman–Crippen MR) is 51.1 cm³/mol. The minimum Gasteiger partial charge on any atom is -0.316 e. The lowest BCUT2D eigenvalue weighted by Crippen LogP contribution is -2.32. The fraction of sp³-hybridized carbons (Fsp3) is 1.00. The molecule has 0 aromatic rings. The molecule has 0 bridgehead atoms. The van der Waals surface area contributed by atoms with Gasteiger partial charge in [0.1, 0.15) is 0 Å². The van der Waals surface area contributed by atoms with Crippen LogP contribution < -0.4 is 5.32 Å². The summed E-state index contributed by atoms with van der Waals surface area (Å²) in [6.07, 6.45) is 5.79. The summed E-state index contributed by atoms with van der Waals surface area (Å²) in [7, 11) is 0. The Labute approximate surface area is 73.3 Å². The molecular formula is C9H17NS. The maximum absolute atomic E-state index is 3.57. The monoisotopic (exact) mass is 171 g/mol. The molecule has 2 aliphatic rings. The molecule has 1 spiro atoms. The Morgan fingerprint density at radius 3 is 3.00 bits per heavy atom. The summed E-state index contributed by atoms with van der Waals surface area (Å²) in [5.74, 6) is 2.82. The molecule has 11 heavy (non-hydrogen) atoms. The van der Waals surface area contributed by atoms with Gasteiger partial charge in [0.05, 0.1) is 0 Å². The van der Waals surface area contributed by atoms with Crippen LogP contribution in [0.1, 0.15) is 25.7 Å². The van der Waals surface area contributed by atoms with E-state index in [0.29, 0.717) is 5.41 Å². The number of hydrogen-bond acceptors (Lipinski definition) is 2. The van der Waals surface area contributed by atoms with Gasteiger partial charge in [0.2, 0.25) is 0 Å². The maximum atomic E-state index is 3.57. The molecule has 2 heteroatoms. The average Bonchev–Trinajstić information content (AvgIpc) is 2.32. The standard InChI is InChI=1S/C9H17NS/c1-2-5-10-7-9(3-1)4-6-11-8-9/h10H,1-8H2. The van der Waals surface area contributed by atoms with Crippen molar-refractivity contribution in [1.29, 1.82) is 0 Å². The summed E-state index contributed by atoms with van der Waals surface area (Å²) in [5.41, 5.74) is 0.709. The van der Waals surface area contributed by atoms with Crippen LogP contribution in [0.15, 0.2) is 0 Å². The number of thioether (sulfide) groups is 1. The predicted octanol–water partition coefficient (Wildman–Crippen LogP) is 1.88. The van der Waals surface area contributed by atoms with Gasteiger partial charge in [0, 0.05) is 12.3 Å². The van der Waals surface area contributed by atoms with E-state index in [1.165, 1.54) is 50.3 Å². The number of rotatable bonds is 0. The summed E-state index contributed by atoms with van der Waals surface area (Å²) in [6.45, 7) is 2.55. The van der Waals surface area contributed by atoms with Crippen molar-refractivity contribution in [1.82, 2.24) is 5.32 Å². The molecule has 0 radical (unpaired) electrons. The molecule has 64 valence electrons. The first-order valence-corrected chi connectivity index (χ1v) is 5.85. The summed E-state index contributed by atoms with van der Waals surface area (Å²) in [5, 5.41) is 3.57. The number of hydrogen-bond donors (Lipinski definition) is 1. The van der Waals surface area contributed by atoms with Gasteiger partial charge < -0.3 is 5.32 Å². The lowest BCUT2D eigenvalue weighted by molar-refractivity contribution is 0.308. The van der Waals surface area contributed by atoms with E-state index in [-0.39, 0.29) is 0 Å². The fourth-order valence-corrected chi connectivity index (χ4v) is 3.72. The molecule has 1 nitrogen and oxygen atoms in total. The van der Waals surface area contributed by atoms with Gasteiger partial charge in [-0.15, -0.1) is 0 Å². The van der Waals surface area contributed by atoms with Crippen molar-refractivity contribution >= 4 is 11.8 Å². The first-order chi connectivity index (χ1) is 5.41. The van der Waals surface area contributed by atoms with Crippen LogP contribution in [0.5, 0.6) is 0 Å². The fourth-order valence-electron chi connectivity index (χ4n) is 2.18. The molecule has 1 unspecified atom stereocenters. The minimum atomic E-state index is 0.709. The first-order valence-electron chi connectivity index (χ1n) is 4.70. The molecular weight excluding hydrogens is 154 g/mol. The Hall–Kier alpha value is 0.310. The van der Waals surface area contributed by atoms with Crippen molar-refractivity contribution in [3.63, 3.8) is 0 Å². The van der Waals surface area contributed by atoms with Gasteiger partial charge in [0.25, 0.3) is 0 Å². The van der Waals surface area contributed by atoms with Gasteiger partial charge in [-0.3, -0.25) is 0 Å². The smallest absolute Gasteiger partial charge is 0.00160 e. The molecule has 2 fully saturated rings. The Kier molecular flexibility index (Phi) is 2.42. The highest BCUT2D eigenvalue weighted by Gasteiger charge is 2.34. The summed E-state index contributed by atoms with van der Waals surface area (Å²) in [6, 6.07) is 0. The van der Waals surface area contributed by atoms with Crippen molar-refractivity contribution in [2.75, 3.05) is 24.6 Å². The summed E-state index contributed by atoms with van der Waals surface area (Å²) < 4.78 is 0. The van der Waals surface area contributed by atoms with Crippen molar-refractivity contribution in [2.24, 2.45) is 5.41 Å². The van der Waals surface area contributed by atoms with Gasteiger partial charge in [-0.1, -0.05) is 6.42 Å². The van der Waals surface area contributed by atoms with E-state index in [9.17, 15) is 0 Å². The second kappa shape index (κ2) is 3.36. The highest BCUT2D eigenvalue weighted by molar-refractivity contribution is 7.99. The quantitative estimate of drug-likeness (QED) is 0.597. The van der Waals surface area contributed by atoms with Crippen molar-refractivity contribution in [3.8, 4) is 0 Å². The van der Waals surface area contributed by atoms with Crippen molar-refractivity contribution in [3.05, 3.63) is 0 Å². The molecule has 0 aromatic carbocycles. The third kappa shape index (κ3) is 1.73. The molecule has 1 N–H and O–H groups in total. The van der Waals surface area contributed by atoms with Crippen molar-refractivity contribution < 1.29 is 0 Å². The molecule has 1 atom stereocenters. The van der Waals surface area contributed by atoms with Crippen LogP contribution in [0.25, 0.3) is 0 Å². The molecule has 2 rings (SSSR count). The Balaban J connectivity index is 1.97. The van der Waals surface area contributed by atoms with Crippen LogP contribution in [0.4, 0.5) is 0 Å². The van der Waals surface area contributed by atoms with Crippen LogP contribution in [0.3, 0.4) is 0 Å². The second-order valence-electron chi connectivity index (χ2n) is 3.94. The molecule has 2 heterocycles. The SMILES string of the molecule is C1CCC2(CCSC2)CNC1. The Bertz CT molecular complexity index is 120. The van der Waals surface area contributed by atoms with E-state index in [4.69, 9.17) is 0 Å². The molecule has 0 aliphatic carbocycles. The third-order valence-corrected chi connectivity index (χ3v) is 4.30. The largest absolute Gasteiger partial charge is 0.316 e. The number of nitrogens with one attached hydrogen (secondary N) is 1. The average molecular weight is 171 g/mol. The lowest BCUT2D eigenvalue weighted by atomic mass is 9.83. The summed E-state index contributed by atoms with van der Waals surface area (Å²) in [4.78, 5) is 0. The molecule has 2 saturated heterocycles. The van der Waals surface area contributed by atoms with Crippen LogP contribution in [0.2, 0.25) is 0 Å². The van der Waals surface area contributed by atoms with Crippen LogP contribution in [-0.4, -0.2) is 24.6 Å². The third-order valence-electron chi connectivity index (χ3n) is 3.00. The second-order valence-corrected chi connectivity index (χ2v) is 5.04. The van der Waals surface area contributed by atoms with Gasteiger partial charge in [-0.25, -0.2) is 0 Å². The van der Waals surface area contributed by atoms with E-state index in [0.717, 1.165) is 0 Å². The van der Waals surface area contributed by atoms with Gasteiger partial charge in [-0.2, -0.15) is 11.8 Å². The van der Waals surface area contributed by atoms with Crippen LogP contribution in [0, 0.1) is 5.41 Å². The highest BCUT2D eigenvalue weighted by atomic mass is 32.2. The molecule has 0 amide bonds. The van der Waals surface area contributed by atoms with Crippen molar-refractivity contribution in [2.45, 2.75) is 25.7 Å². The topological polar surface area (TPSA) is 12.0 Å². The molecule has 2 aliphatic heterocycles. The van der Waals surface area contributed by atoms with Gasteiger partial charge in [-0.05, 0) is 37.0 Å². The van der Waals surface area contributed by atoms with E-state index in [2.05, 4.69) is 17.1 Å². The maximum Gasteiger partial charge on any atom is 0.00160 e. The van der Waals surface area contributed by atoms with Gasteiger partial charge >= 0.3 is 0 Å².